The van der Waals surface area contributed by atoms with Gasteiger partial charge in [-0.15, -0.1) is 11.3 Å². The van der Waals surface area contributed by atoms with E-state index in [-0.39, 0.29) is 5.82 Å². The third-order valence-electron chi connectivity index (χ3n) is 1.86. The molecule has 2 aromatic rings. The third-order valence-corrected chi connectivity index (χ3v) is 3.65. The van der Waals surface area contributed by atoms with Gasteiger partial charge in [0.2, 0.25) is 0 Å². The number of benzene rings is 1. The second kappa shape index (κ2) is 4.36. The minimum atomic E-state index is -0.333. The van der Waals surface area contributed by atoms with E-state index in [1.807, 2.05) is 22.6 Å². The summed E-state index contributed by atoms with van der Waals surface area (Å²) < 4.78 is 14.2. The summed E-state index contributed by atoms with van der Waals surface area (Å²) in [7, 11) is 0. The Bertz CT molecular complexity index is 512. The lowest BCUT2D eigenvalue weighted by molar-refractivity contribution is 0.112. The summed E-state index contributed by atoms with van der Waals surface area (Å²) in [6, 6.07) is 6.37. The Morgan fingerprint density at radius 1 is 1.40 bits per heavy atom. The molecule has 0 aliphatic rings. The van der Waals surface area contributed by atoms with Crippen LogP contribution in [0.25, 0.3) is 10.4 Å². The topological polar surface area (TPSA) is 30.0 Å². The van der Waals surface area contributed by atoms with Crippen molar-refractivity contribution in [1.29, 1.82) is 0 Å². The van der Waals surface area contributed by atoms with Gasteiger partial charge in [-0.1, -0.05) is 18.2 Å². The van der Waals surface area contributed by atoms with Crippen LogP contribution in [0.3, 0.4) is 0 Å². The van der Waals surface area contributed by atoms with Crippen molar-refractivity contribution < 1.29 is 9.18 Å². The number of halogens is 2. The molecule has 0 radical (unpaired) electrons. The molecular weight excluding hydrogens is 328 g/mol. The number of aldehydes is 1. The van der Waals surface area contributed by atoms with Gasteiger partial charge >= 0.3 is 0 Å². The average Bonchev–Trinajstić information content (AvgIpc) is 2.60. The fraction of sp³-hybridized carbons (Fsp3) is 0. The van der Waals surface area contributed by atoms with E-state index in [0.29, 0.717) is 22.4 Å². The van der Waals surface area contributed by atoms with Gasteiger partial charge in [-0.3, -0.25) is 4.79 Å². The monoisotopic (exact) mass is 333 g/mol. The van der Waals surface area contributed by atoms with Crippen molar-refractivity contribution in [3.05, 3.63) is 38.8 Å². The first-order chi connectivity index (χ1) is 7.22. The van der Waals surface area contributed by atoms with E-state index in [1.54, 1.807) is 18.2 Å². The SMILES string of the molecule is O=Cc1nc(I)sc1-c1ccccc1F. The molecule has 0 amide bonds. The van der Waals surface area contributed by atoms with Gasteiger partial charge in [0.15, 0.2) is 9.30 Å². The highest BCUT2D eigenvalue weighted by atomic mass is 127. The average molecular weight is 333 g/mol. The number of hydrogen-bond donors (Lipinski definition) is 0. The van der Waals surface area contributed by atoms with Crippen LogP contribution >= 0.6 is 33.9 Å². The van der Waals surface area contributed by atoms with Crippen LogP contribution < -0.4 is 0 Å². The molecule has 0 N–H and O–H groups in total. The summed E-state index contributed by atoms with van der Waals surface area (Å²) in [5.41, 5.74) is 0.731. The smallest absolute Gasteiger partial charge is 0.169 e. The van der Waals surface area contributed by atoms with Crippen LogP contribution in [0.5, 0.6) is 0 Å². The molecule has 0 saturated heterocycles. The lowest BCUT2D eigenvalue weighted by atomic mass is 10.1. The number of carbonyl (C=O) groups excluding carboxylic acids is 1. The van der Waals surface area contributed by atoms with Crippen molar-refractivity contribution in [3.8, 4) is 10.4 Å². The van der Waals surface area contributed by atoms with Crippen molar-refractivity contribution in [2.75, 3.05) is 0 Å². The Hall–Kier alpha value is -0.820. The summed E-state index contributed by atoms with van der Waals surface area (Å²) in [5, 5.41) is 0. The van der Waals surface area contributed by atoms with Crippen LogP contribution in [-0.4, -0.2) is 11.3 Å². The van der Waals surface area contributed by atoms with E-state index in [4.69, 9.17) is 0 Å². The molecule has 0 fully saturated rings. The van der Waals surface area contributed by atoms with Gasteiger partial charge in [0, 0.05) is 5.56 Å². The van der Waals surface area contributed by atoms with Crippen LogP contribution in [0, 0.1) is 8.83 Å². The predicted octanol–water partition coefficient (Wildman–Crippen LogP) is 3.37. The molecule has 0 aliphatic carbocycles. The predicted molar refractivity (Wildman–Crippen MR) is 65.6 cm³/mol. The Morgan fingerprint density at radius 2 is 2.13 bits per heavy atom. The number of aromatic nitrogens is 1. The summed E-state index contributed by atoms with van der Waals surface area (Å²) in [5.74, 6) is -0.333. The first-order valence-electron chi connectivity index (χ1n) is 4.09. The molecular formula is C10H5FINOS. The minimum Gasteiger partial charge on any atom is -0.296 e. The second-order valence-corrected chi connectivity index (χ2v) is 5.53. The number of hydrogen-bond acceptors (Lipinski definition) is 3. The number of thiazole rings is 1. The lowest BCUT2D eigenvalue weighted by Gasteiger charge is -1.98. The van der Waals surface area contributed by atoms with Crippen molar-refractivity contribution in [3.63, 3.8) is 0 Å². The number of rotatable bonds is 2. The molecule has 2 rings (SSSR count). The van der Waals surface area contributed by atoms with E-state index in [9.17, 15) is 9.18 Å². The minimum absolute atomic E-state index is 0.300. The van der Waals surface area contributed by atoms with Crippen molar-refractivity contribution in [2.24, 2.45) is 0 Å². The van der Waals surface area contributed by atoms with Crippen LogP contribution in [0.2, 0.25) is 0 Å². The Morgan fingerprint density at radius 3 is 2.80 bits per heavy atom. The summed E-state index contributed by atoms with van der Waals surface area (Å²) >= 11 is 3.32. The first-order valence-corrected chi connectivity index (χ1v) is 5.98. The van der Waals surface area contributed by atoms with Gasteiger partial charge in [0.25, 0.3) is 0 Å². The summed E-state index contributed by atoms with van der Waals surface area (Å²) in [6.45, 7) is 0. The molecule has 1 aromatic carbocycles. The molecule has 0 aliphatic heterocycles. The Kier molecular flexibility index (Phi) is 3.11. The standard InChI is InChI=1S/C10H5FINOS/c11-7-4-2-1-3-6(7)9-8(5-14)13-10(12)15-9/h1-5H. The zero-order valence-corrected chi connectivity index (χ0v) is 10.4. The van der Waals surface area contributed by atoms with Gasteiger partial charge in [-0.05, 0) is 28.7 Å². The molecule has 0 spiro atoms. The van der Waals surface area contributed by atoms with E-state index < -0.39 is 0 Å². The van der Waals surface area contributed by atoms with Gasteiger partial charge < -0.3 is 0 Å². The van der Waals surface area contributed by atoms with Crippen molar-refractivity contribution >= 4 is 40.2 Å². The molecule has 1 aromatic heterocycles. The fourth-order valence-corrected chi connectivity index (χ4v) is 2.93. The number of carbonyl (C=O) groups is 1. The molecule has 0 unspecified atom stereocenters. The van der Waals surface area contributed by atoms with Gasteiger partial charge in [-0.25, -0.2) is 9.37 Å². The first kappa shape index (κ1) is 10.7. The van der Waals surface area contributed by atoms with Gasteiger partial charge in [0.1, 0.15) is 11.5 Å². The van der Waals surface area contributed by atoms with E-state index in [0.717, 1.165) is 3.01 Å². The largest absolute Gasteiger partial charge is 0.296 e. The molecule has 5 heteroatoms. The summed E-state index contributed by atoms with van der Waals surface area (Å²) in [4.78, 5) is 15.4. The van der Waals surface area contributed by atoms with Crippen LogP contribution in [-0.2, 0) is 0 Å². The normalized spacial score (nSPS) is 10.3. The highest BCUT2D eigenvalue weighted by molar-refractivity contribution is 14.1. The van der Waals surface area contributed by atoms with Crippen molar-refractivity contribution in [2.45, 2.75) is 0 Å². The maximum absolute atomic E-state index is 13.5. The third kappa shape index (κ3) is 2.07. The maximum atomic E-state index is 13.5. The highest BCUT2D eigenvalue weighted by Gasteiger charge is 2.13. The van der Waals surface area contributed by atoms with E-state index >= 15 is 0 Å². The van der Waals surface area contributed by atoms with Crippen molar-refractivity contribution in [1.82, 2.24) is 4.98 Å². The Balaban J connectivity index is 2.63. The molecule has 76 valence electrons. The maximum Gasteiger partial charge on any atom is 0.169 e. The highest BCUT2D eigenvalue weighted by Crippen LogP contribution is 2.31. The van der Waals surface area contributed by atoms with Crippen LogP contribution in [0.4, 0.5) is 4.39 Å². The quantitative estimate of drug-likeness (QED) is 0.623. The summed E-state index contributed by atoms with van der Waals surface area (Å²) in [6.07, 6.45) is 0.653. The molecule has 0 bridgehead atoms. The zero-order valence-electron chi connectivity index (χ0n) is 7.41. The van der Waals surface area contributed by atoms with Gasteiger partial charge in [-0.2, -0.15) is 0 Å². The molecule has 2 nitrogen and oxygen atoms in total. The van der Waals surface area contributed by atoms with E-state index in [1.165, 1.54) is 17.4 Å². The van der Waals surface area contributed by atoms with Crippen LogP contribution in [0.15, 0.2) is 24.3 Å². The number of nitrogens with zero attached hydrogens (tertiary/aromatic N) is 1. The Labute approximate surface area is 103 Å². The van der Waals surface area contributed by atoms with E-state index in [2.05, 4.69) is 4.98 Å². The molecule has 15 heavy (non-hydrogen) atoms. The second-order valence-electron chi connectivity index (χ2n) is 2.78. The lowest BCUT2D eigenvalue weighted by Crippen LogP contribution is -1.86. The molecule has 0 saturated carbocycles. The zero-order chi connectivity index (χ0) is 10.8. The fourth-order valence-electron chi connectivity index (χ4n) is 1.22. The molecule has 1 heterocycles. The molecule has 0 atom stereocenters. The van der Waals surface area contributed by atoms with Gasteiger partial charge in [0.05, 0.1) is 4.88 Å². The van der Waals surface area contributed by atoms with Crippen LogP contribution in [0.1, 0.15) is 10.5 Å².